The molecular weight excluding hydrogens is 286 g/mol. The van der Waals surface area contributed by atoms with Crippen molar-refractivity contribution in [3.05, 3.63) is 90.5 Å². The van der Waals surface area contributed by atoms with Gasteiger partial charge in [0, 0.05) is 23.5 Å². The third-order valence-corrected chi connectivity index (χ3v) is 3.74. The predicted molar refractivity (Wildman–Crippen MR) is 88.3 cm³/mol. The van der Waals surface area contributed by atoms with Crippen LogP contribution in [0.4, 0.5) is 0 Å². The van der Waals surface area contributed by atoms with Gasteiger partial charge in [0.05, 0.1) is 6.20 Å². The number of carbonyl (C=O) groups is 1. The van der Waals surface area contributed by atoms with Crippen molar-refractivity contribution in [1.82, 2.24) is 14.4 Å². The van der Waals surface area contributed by atoms with Gasteiger partial charge in [-0.05, 0) is 5.56 Å². The Hall–Kier alpha value is -3.27. The topological polar surface area (TPSA) is 47.3 Å². The molecule has 0 atom stereocenters. The number of nitrogens with zero attached hydrogens (tertiary/aromatic N) is 3. The van der Waals surface area contributed by atoms with Crippen LogP contribution >= 0.6 is 0 Å². The fraction of sp³-hybridized carbons (Fsp3) is 0. The first-order valence-corrected chi connectivity index (χ1v) is 7.31. The van der Waals surface area contributed by atoms with Crippen molar-refractivity contribution >= 4 is 11.6 Å². The second kappa shape index (κ2) is 5.50. The smallest absolute Gasteiger partial charge is 0.234 e. The Morgan fingerprint density at radius 2 is 1.43 bits per heavy atom. The second-order valence-electron chi connectivity index (χ2n) is 5.22. The van der Waals surface area contributed by atoms with Gasteiger partial charge in [-0.3, -0.25) is 9.20 Å². The van der Waals surface area contributed by atoms with E-state index in [9.17, 15) is 4.79 Å². The number of hydrogen-bond acceptors (Lipinski definition) is 3. The van der Waals surface area contributed by atoms with E-state index in [1.54, 1.807) is 28.9 Å². The van der Waals surface area contributed by atoms with Crippen molar-refractivity contribution < 1.29 is 4.79 Å². The summed E-state index contributed by atoms with van der Waals surface area (Å²) in [4.78, 5) is 21.3. The van der Waals surface area contributed by atoms with E-state index in [4.69, 9.17) is 0 Å². The summed E-state index contributed by atoms with van der Waals surface area (Å²) in [6, 6.07) is 19.1. The Bertz CT molecular complexity index is 975. The van der Waals surface area contributed by atoms with Crippen molar-refractivity contribution in [3.8, 4) is 11.1 Å². The number of ketones is 1. The van der Waals surface area contributed by atoms with Crippen molar-refractivity contribution in [2.24, 2.45) is 0 Å². The van der Waals surface area contributed by atoms with Crippen LogP contribution in [0.15, 0.2) is 79.3 Å². The zero-order chi connectivity index (χ0) is 15.6. The first-order valence-electron chi connectivity index (χ1n) is 7.31. The van der Waals surface area contributed by atoms with Crippen LogP contribution in [0.25, 0.3) is 16.9 Å². The Kier molecular flexibility index (Phi) is 3.20. The normalized spacial score (nSPS) is 10.8. The molecule has 0 N–H and O–H groups in total. The highest BCUT2D eigenvalue weighted by Gasteiger charge is 2.15. The molecule has 4 aromatic rings. The van der Waals surface area contributed by atoms with Crippen LogP contribution in [0.3, 0.4) is 0 Å². The second-order valence-corrected chi connectivity index (χ2v) is 5.22. The molecular formula is C19H13N3O. The van der Waals surface area contributed by atoms with Crippen molar-refractivity contribution in [2.75, 3.05) is 0 Å². The van der Waals surface area contributed by atoms with E-state index in [1.165, 1.54) is 0 Å². The molecule has 2 aromatic heterocycles. The molecule has 0 saturated heterocycles. The largest absolute Gasteiger partial charge is 0.287 e. The molecule has 0 radical (unpaired) electrons. The lowest BCUT2D eigenvalue weighted by molar-refractivity contribution is 0.103. The summed E-state index contributed by atoms with van der Waals surface area (Å²) in [5.41, 5.74) is 3.14. The van der Waals surface area contributed by atoms with Gasteiger partial charge in [0.15, 0.2) is 0 Å². The van der Waals surface area contributed by atoms with Crippen LogP contribution in [0.5, 0.6) is 0 Å². The van der Waals surface area contributed by atoms with Crippen LogP contribution in [0.2, 0.25) is 0 Å². The molecule has 23 heavy (non-hydrogen) atoms. The monoisotopic (exact) mass is 299 g/mol. The van der Waals surface area contributed by atoms with E-state index in [0.29, 0.717) is 17.0 Å². The van der Waals surface area contributed by atoms with Crippen molar-refractivity contribution in [1.29, 1.82) is 0 Å². The first-order chi connectivity index (χ1) is 11.3. The zero-order valence-electron chi connectivity index (χ0n) is 12.3. The lowest BCUT2D eigenvalue weighted by Crippen LogP contribution is -2.05. The van der Waals surface area contributed by atoms with Gasteiger partial charge >= 0.3 is 0 Å². The quantitative estimate of drug-likeness (QED) is 0.543. The molecule has 2 aromatic carbocycles. The minimum atomic E-state index is -0.0647. The molecule has 4 nitrogen and oxygen atoms in total. The molecule has 0 spiro atoms. The number of carbonyl (C=O) groups excluding carboxylic acids is 1. The van der Waals surface area contributed by atoms with Crippen LogP contribution in [-0.2, 0) is 0 Å². The molecule has 0 aliphatic carbocycles. The van der Waals surface area contributed by atoms with E-state index in [-0.39, 0.29) is 5.78 Å². The SMILES string of the molecule is O=C(c1ccccc1)c1cnc2ncc(-c3ccccc3)cn12. The minimum absolute atomic E-state index is 0.0647. The molecule has 0 saturated carbocycles. The lowest BCUT2D eigenvalue weighted by atomic mass is 10.1. The fourth-order valence-electron chi connectivity index (χ4n) is 2.56. The van der Waals surface area contributed by atoms with Gasteiger partial charge in [0.25, 0.3) is 0 Å². The van der Waals surface area contributed by atoms with Crippen LogP contribution in [0, 0.1) is 0 Å². The molecule has 4 rings (SSSR count). The molecule has 4 heteroatoms. The number of aromatic nitrogens is 3. The van der Waals surface area contributed by atoms with Crippen molar-refractivity contribution in [3.63, 3.8) is 0 Å². The summed E-state index contributed by atoms with van der Waals surface area (Å²) in [6.45, 7) is 0. The van der Waals surface area contributed by atoms with E-state index in [0.717, 1.165) is 11.1 Å². The van der Waals surface area contributed by atoms with Gasteiger partial charge in [-0.15, -0.1) is 0 Å². The summed E-state index contributed by atoms with van der Waals surface area (Å²) in [5, 5.41) is 0. The average molecular weight is 299 g/mol. The molecule has 0 bridgehead atoms. The standard InChI is InChI=1S/C19H13N3O/c23-18(15-9-5-2-6-10-15)17-12-21-19-20-11-16(13-22(17)19)14-7-3-1-4-8-14/h1-13H. The van der Waals surface area contributed by atoms with Crippen molar-refractivity contribution in [2.45, 2.75) is 0 Å². The van der Waals surface area contributed by atoms with Gasteiger partial charge in [0.2, 0.25) is 11.6 Å². The number of fused-ring (bicyclic) bond motifs is 1. The average Bonchev–Trinajstić information content (AvgIpc) is 3.05. The summed E-state index contributed by atoms with van der Waals surface area (Å²) < 4.78 is 1.75. The summed E-state index contributed by atoms with van der Waals surface area (Å²) in [6.07, 6.45) is 5.25. The Balaban J connectivity index is 1.84. The molecule has 2 heterocycles. The first kappa shape index (κ1) is 13.4. The lowest BCUT2D eigenvalue weighted by Gasteiger charge is -2.04. The van der Waals surface area contributed by atoms with Crippen LogP contribution < -0.4 is 0 Å². The maximum atomic E-state index is 12.7. The highest BCUT2D eigenvalue weighted by atomic mass is 16.1. The van der Waals surface area contributed by atoms with Gasteiger partial charge < -0.3 is 0 Å². The third kappa shape index (κ3) is 2.40. The predicted octanol–water partition coefficient (Wildman–Crippen LogP) is 3.63. The van der Waals surface area contributed by atoms with E-state index >= 15 is 0 Å². The van der Waals surface area contributed by atoms with E-state index < -0.39 is 0 Å². The van der Waals surface area contributed by atoms with Crippen LogP contribution in [-0.4, -0.2) is 20.2 Å². The highest BCUT2D eigenvalue weighted by molar-refractivity contribution is 6.08. The molecule has 0 fully saturated rings. The van der Waals surface area contributed by atoms with E-state index in [1.807, 2.05) is 54.7 Å². The number of rotatable bonds is 3. The maximum Gasteiger partial charge on any atom is 0.234 e. The molecule has 110 valence electrons. The molecule has 0 unspecified atom stereocenters. The minimum Gasteiger partial charge on any atom is -0.287 e. The number of benzene rings is 2. The number of hydrogen-bond donors (Lipinski definition) is 0. The Morgan fingerprint density at radius 3 is 2.17 bits per heavy atom. The highest BCUT2D eigenvalue weighted by Crippen LogP contribution is 2.19. The molecule has 0 aliphatic heterocycles. The van der Waals surface area contributed by atoms with Gasteiger partial charge in [0.1, 0.15) is 5.69 Å². The Morgan fingerprint density at radius 1 is 0.783 bits per heavy atom. The Labute approximate surface area is 133 Å². The zero-order valence-corrected chi connectivity index (χ0v) is 12.3. The molecule has 0 aliphatic rings. The summed E-state index contributed by atoms with van der Waals surface area (Å²) >= 11 is 0. The maximum absolute atomic E-state index is 12.7. The van der Waals surface area contributed by atoms with E-state index in [2.05, 4.69) is 9.97 Å². The number of imidazole rings is 1. The van der Waals surface area contributed by atoms with Crippen LogP contribution in [0.1, 0.15) is 16.1 Å². The third-order valence-electron chi connectivity index (χ3n) is 3.74. The van der Waals surface area contributed by atoms with Gasteiger partial charge in [-0.2, -0.15) is 0 Å². The summed E-state index contributed by atoms with van der Waals surface area (Å²) in [7, 11) is 0. The fourth-order valence-corrected chi connectivity index (χ4v) is 2.56. The van der Waals surface area contributed by atoms with Gasteiger partial charge in [-0.1, -0.05) is 60.7 Å². The summed E-state index contributed by atoms with van der Waals surface area (Å²) in [5.74, 6) is 0.453. The molecule has 0 amide bonds. The van der Waals surface area contributed by atoms with Gasteiger partial charge in [-0.25, -0.2) is 9.97 Å².